The fourth-order valence-electron chi connectivity index (χ4n) is 5.16. The van der Waals surface area contributed by atoms with Gasteiger partial charge in [0.05, 0.1) is 11.5 Å². The van der Waals surface area contributed by atoms with Crippen LogP contribution in [0.3, 0.4) is 0 Å². The van der Waals surface area contributed by atoms with Crippen molar-refractivity contribution in [1.29, 1.82) is 0 Å². The summed E-state index contributed by atoms with van der Waals surface area (Å²) < 4.78 is 39.7. The van der Waals surface area contributed by atoms with Crippen molar-refractivity contribution in [1.82, 2.24) is 10.2 Å². The molecule has 0 bridgehead atoms. The zero-order valence-corrected chi connectivity index (χ0v) is 16.1. The number of hydrogen-bond acceptors (Lipinski definition) is 3. The molecule has 0 spiro atoms. The number of amides is 1. The van der Waals surface area contributed by atoms with E-state index in [0.29, 0.717) is 25.8 Å². The first-order chi connectivity index (χ1) is 12.8. The summed E-state index contributed by atoms with van der Waals surface area (Å²) in [5, 5.41) is 13.6. The first-order valence-electron chi connectivity index (χ1n) is 10.6. The number of piperidine rings is 1. The van der Waals surface area contributed by atoms with Gasteiger partial charge in [-0.1, -0.05) is 32.1 Å². The van der Waals surface area contributed by atoms with Crippen molar-refractivity contribution in [3.63, 3.8) is 0 Å². The normalized spacial score (nSPS) is 30.8. The van der Waals surface area contributed by atoms with E-state index in [1.54, 1.807) is 0 Å². The number of halogens is 3. The Kier molecular flexibility index (Phi) is 6.72. The van der Waals surface area contributed by atoms with Crippen molar-refractivity contribution in [2.45, 2.75) is 88.4 Å². The van der Waals surface area contributed by atoms with E-state index in [9.17, 15) is 23.1 Å². The molecule has 3 rings (SSSR count). The van der Waals surface area contributed by atoms with Crippen molar-refractivity contribution in [3.8, 4) is 0 Å². The van der Waals surface area contributed by atoms with Crippen LogP contribution in [0.1, 0.15) is 70.6 Å². The highest BCUT2D eigenvalue weighted by Crippen LogP contribution is 2.41. The number of β-amino-alcohol motifs (C(OH)–C–C–N with tert-alkyl or cyclic N) is 1. The van der Waals surface area contributed by atoms with E-state index in [-0.39, 0.29) is 12.5 Å². The van der Waals surface area contributed by atoms with Crippen LogP contribution < -0.4 is 5.32 Å². The SMILES string of the molecule is O=C(NC1CCN(CC2(O)CCCCC2)CC1)[C@H]1CCCC[C@H]1C(F)(F)F. The van der Waals surface area contributed by atoms with E-state index >= 15 is 0 Å². The number of nitrogens with one attached hydrogen (secondary N) is 1. The van der Waals surface area contributed by atoms with E-state index < -0.39 is 29.5 Å². The number of alkyl halides is 3. The van der Waals surface area contributed by atoms with Crippen molar-refractivity contribution in [2.24, 2.45) is 11.8 Å². The van der Waals surface area contributed by atoms with Crippen LogP contribution in [0.15, 0.2) is 0 Å². The fourth-order valence-corrected chi connectivity index (χ4v) is 5.16. The van der Waals surface area contributed by atoms with Gasteiger partial charge in [0.1, 0.15) is 0 Å². The summed E-state index contributed by atoms with van der Waals surface area (Å²) >= 11 is 0. The Morgan fingerprint density at radius 2 is 1.63 bits per heavy atom. The van der Waals surface area contributed by atoms with Gasteiger partial charge in [0, 0.05) is 31.6 Å². The number of nitrogens with zero attached hydrogens (tertiary/aromatic N) is 1. The zero-order valence-electron chi connectivity index (χ0n) is 16.1. The summed E-state index contributed by atoms with van der Waals surface area (Å²) in [5.74, 6) is -2.84. The maximum absolute atomic E-state index is 13.2. The van der Waals surface area contributed by atoms with Crippen LogP contribution in [0.2, 0.25) is 0 Å². The van der Waals surface area contributed by atoms with E-state index in [0.717, 1.165) is 51.6 Å². The van der Waals surface area contributed by atoms with Gasteiger partial charge in [0.15, 0.2) is 0 Å². The summed E-state index contributed by atoms with van der Waals surface area (Å²) in [4.78, 5) is 14.8. The van der Waals surface area contributed by atoms with Crippen molar-refractivity contribution in [3.05, 3.63) is 0 Å². The number of aliphatic hydroxyl groups is 1. The maximum atomic E-state index is 13.2. The smallest absolute Gasteiger partial charge is 0.389 e. The lowest BCUT2D eigenvalue weighted by Crippen LogP contribution is -2.52. The Balaban J connectivity index is 1.46. The molecule has 3 aliphatic rings. The second kappa shape index (κ2) is 8.68. The summed E-state index contributed by atoms with van der Waals surface area (Å²) in [5.41, 5.74) is -0.587. The third-order valence-corrected chi connectivity index (χ3v) is 6.76. The van der Waals surface area contributed by atoms with E-state index in [2.05, 4.69) is 10.2 Å². The first-order valence-corrected chi connectivity index (χ1v) is 10.6. The molecule has 1 amide bonds. The molecule has 2 aliphatic carbocycles. The van der Waals surface area contributed by atoms with Gasteiger partial charge in [-0.3, -0.25) is 4.79 Å². The topological polar surface area (TPSA) is 52.6 Å². The lowest BCUT2D eigenvalue weighted by Gasteiger charge is -2.40. The average molecular weight is 390 g/mol. The van der Waals surface area contributed by atoms with Crippen LogP contribution in [-0.2, 0) is 4.79 Å². The van der Waals surface area contributed by atoms with Crippen LogP contribution in [-0.4, -0.2) is 53.4 Å². The highest BCUT2D eigenvalue weighted by atomic mass is 19.4. The van der Waals surface area contributed by atoms with E-state index in [1.807, 2.05) is 0 Å². The Hall–Kier alpha value is -0.820. The van der Waals surface area contributed by atoms with Gasteiger partial charge in [-0.2, -0.15) is 13.2 Å². The maximum Gasteiger partial charge on any atom is 0.392 e. The summed E-state index contributed by atoms with van der Waals surface area (Å²) in [6, 6.07) is -0.0504. The molecule has 2 atom stereocenters. The molecule has 7 heteroatoms. The first kappa shape index (κ1) is 20.9. The monoisotopic (exact) mass is 390 g/mol. The molecule has 0 aromatic rings. The molecule has 0 radical (unpaired) electrons. The number of carbonyl (C=O) groups is 1. The molecule has 1 saturated heterocycles. The predicted octanol–water partition coefficient (Wildman–Crippen LogP) is 3.63. The standard InChI is InChI=1S/C20H33F3N2O2/c21-20(22,23)17-7-3-2-6-16(17)18(26)24-15-8-12-25(13-9-15)14-19(27)10-4-1-5-11-19/h15-17,27H,1-14H2,(H,24,26)/t16-,17+/m0/s1. The molecule has 0 aromatic carbocycles. The van der Waals surface area contributed by atoms with E-state index in [4.69, 9.17) is 0 Å². The lowest BCUT2D eigenvalue weighted by atomic mass is 9.78. The summed E-state index contributed by atoms with van der Waals surface area (Å²) in [6.45, 7) is 2.23. The third-order valence-electron chi connectivity index (χ3n) is 6.76. The molecule has 3 fully saturated rings. The Morgan fingerprint density at radius 3 is 2.26 bits per heavy atom. The Labute approximate surface area is 159 Å². The molecule has 1 aliphatic heterocycles. The molecular formula is C20H33F3N2O2. The Bertz CT molecular complexity index is 498. The molecule has 2 saturated carbocycles. The van der Waals surface area contributed by atoms with Gasteiger partial charge in [-0.05, 0) is 38.5 Å². The van der Waals surface area contributed by atoms with Crippen LogP contribution in [0, 0.1) is 11.8 Å². The van der Waals surface area contributed by atoms with Crippen LogP contribution in [0.4, 0.5) is 13.2 Å². The molecule has 156 valence electrons. The van der Waals surface area contributed by atoms with Gasteiger partial charge in [-0.25, -0.2) is 0 Å². The minimum atomic E-state index is -4.29. The summed E-state index contributed by atoms with van der Waals surface area (Å²) in [7, 11) is 0. The van der Waals surface area contributed by atoms with Crippen LogP contribution in [0.25, 0.3) is 0 Å². The van der Waals surface area contributed by atoms with Crippen molar-refractivity contribution in [2.75, 3.05) is 19.6 Å². The van der Waals surface area contributed by atoms with Gasteiger partial charge < -0.3 is 15.3 Å². The second-order valence-electron chi connectivity index (χ2n) is 8.88. The van der Waals surface area contributed by atoms with Crippen LogP contribution in [0.5, 0.6) is 0 Å². The molecule has 27 heavy (non-hydrogen) atoms. The van der Waals surface area contributed by atoms with Crippen molar-refractivity contribution < 1.29 is 23.1 Å². The van der Waals surface area contributed by atoms with Gasteiger partial charge in [-0.15, -0.1) is 0 Å². The quantitative estimate of drug-likeness (QED) is 0.771. The molecule has 4 nitrogen and oxygen atoms in total. The fraction of sp³-hybridized carbons (Fsp3) is 0.950. The third kappa shape index (κ3) is 5.59. The molecular weight excluding hydrogens is 357 g/mol. The van der Waals surface area contributed by atoms with Crippen molar-refractivity contribution >= 4 is 5.91 Å². The largest absolute Gasteiger partial charge is 0.392 e. The van der Waals surface area contributed by atoms with Crippen LogP contribution >= 0.6 is 0 Å². The van der Waals surface area contributed by atoms with Gasteiger partial charge >= 0.3 is 6.18 Å². The van der Waals surface area contributed by atoms with Gasteiger partial charge in [0.25, 0.3) is 0 Å². The van der Waals surface area contributed by atoms with Gasteiger partial charge in [0.2, 0.25) is 5.91 Å². The van der Waals surface area contributed by atoms with E-state index in [1.165, 1.54) is 6.42 Å². The molecule has 1 heterocycles. The number of rotatable bonds is 4. The zero-order chi connectivity index (χ0) is 19.5. The Morgan fingerprint density at radius 1 is 1.00 bits per heavy atom. The molecule has 0 aromatic heterocycles. The minimum absolute atomic E-state index is 0.0504. The highest BCUT2D eigenvalue weighted by molar-refractivity contribution is 5.79. The number of carbonyl (C=O) groups excluding carboxylic acids is 1. The lowest BCUT2D eigenvalue weighted by molar-refractivity contribution is -0.198. The predicted molar refractivity (Wildman–Crippen MR) is 97.1 cm³/mol. The number of hydrogen-bond donors (Lipinski definition) is 2. The average Bonchev–Trinajstić information content (AvgIpc) is 2.63. The second-order valence-corrected chi connectivity index (χ2v) is 8.88. The highest BCUT2D eigenvalue weighted by Gasteiger charge is 2.48. The summed E-state index contributed by atoms with van der Waals surface area (Å²) in [6.07, 6.45) is 3.88. The minimum Gasteiger partial charge on any atom is -0.389 e. The molecule has 2 N–H and O–H groups in total. The molecule has 0 unspecified atom stereocenters. The number of likely N-dealkylation sites (tertiary alicyclic amines) is 1.